The van der Waals surface area contributed by atoms with Gasteiger partial charge < -0.3 is 5.41 Å². The normalized spacial score (nSPS) is 9.00. The zero-order valence-corrected chi connectivity index (χ0v) is 3.73. The molecule has 0 spiro atoms. The Hall–Kier alpha value is -0.373. The van der Waals surface area contributed by atoms with E-state index in [4.69, 9.17) is 5.41 Å². The molecular formula is C3H4NSi. The van der Waals surface area contributed by atoms with Gasteiger partial charge in [-0.1, -0.05) is 6.08 Å². The van der Waals surface area contributed by atoms with Gasteiger partial charge in [-0.05, 0) is 0 Å². The quantitative estimate of drug-likeness (QED) is 0.348. The van der Waals surface area contributed by atoms with E-state index in [0.717, 1.165) is 0 Å². The summed E-state index contributed by atoms with van der Waals surface area (Å²) in [6.45, 7) is 0. The number of nitrogens with one attached hydrogen (secondary N) is 1. The third-order valence-corrected chi connectivity index (χ3v) is 0.385. The van der Waals surface area contributed by atoms with Crippen LogP contribution in [-0.2, 0) is 0 Å². The van der Waals surface area contributed by atoms with Crippen LogP contribution in [0.1, 0.15) is 0 Å². The van der Waals surface area contributed by atoms with Crippen LogP contribution in [0.25, 0.3) is 0 Å². The molecule has 0 aromatic heterocycles. The van der Waals surface area contributed by atoms with Crippen molar-refractivity contribution in [2.75, 3.05) is 0 Å². The molecule has 0 bridgehead atoms. The average Bonchev–Trinajstić information content (AvgIpc) is 1.41. The van der Waals surface area contributed by atoms with Crippen molar-refractivity contribution >= 4 is 16.5 Å². The van der Waals surface area contributed by atoms with E-state index < -0.39 is 0 Å². The highest BCUT2D eigenvalue weighted by molar-refractivity contribution is 6.18. The SMILES string of the molecule is N=C/C=C\[Si]. The van der Waals surface area contributed by atoms with E-state index in [1.807, 2.05) is 0 Å². The third-order valence-electron chi connectivity index (χ3n) is 0.192. The van der Waals surface area contributed by atoms with Crippen molar-refractivity contribution < 1.29 is 0 Å². The predicted molar refractivity (Wildman–Crippen MR) is 23.7 cm³/mol. The minimum Gasteiger partial charge on any atom is -0.309 e. The minimum absolute atomic E-state index is 1.20. The maximum absolute atomic E-state index is 6.36. The molecule has 0 saturated heterocycles. The van der Waals surface area contributed by atoms with Gasteiger partial charge in [0.15, 0.2) is 0 Å². The second kappa shape index (κ2) is 3.63. The van der Waals surface area contributed by atoms with Crippen LogP contribution in [0, 0.1) is 5.41 Å². The van der Waals surface area contributed by atoms with Crippen LogP contribution < -0.4 is 0 Å². The maximum atomic E-state index is 6.36. The van der Waals surface area contributed by atoms with Crippen LogP contribution in [0.15, 0.2) is 11.8 Å². The van der Waals surface area contributed by atoms with Gasteiger partial charge in [0.2, 0.25) is 0 Å². The Labute approximate surface area is 34.6 Å². The van der Waals surface area contributed by atoms with E-state index >= 15 is 0 Å². The molecule has 0 rings (SSSR count). The standard InChI is InChI=1S/C3H4NSi/c4-2-1-3-5/h1-4H/b3-1-,4-2?. The van der Waals surface area contributed by atoms with Crippen molar-refractivity contribution in [3.63, 3.8) is 0 Å². The van der Waals surface area contributed by atoms with E-state index in [1.54, 1.807) is 11.8 Å². The van der Waals surface area contributed by atoms with Gasteiger partial charge >= 0.3 is 0 Å². The molecule has 2 heteroatoms. The first kappa shape index (κ1) is 4.63. The van der Waals surface area contributed by atoms with Crippen LogP contribution in [0.2, 0.25) is 0 Å². The zero-order valence-electron chi connectivity index (χ0n) is 2.73. The number of hydrogen-bond donors (Lipinski definition) is 1. The Bertz CT molecular complexity index is 48.9. The molecule has 0 aromatic carbocycles. The summed E-state index contributed by atoms with van der Waals surface area (Å²) < 4.78 is 0. The van der Waals surface area contributed by atoms with Gasteiger partial charge in [-0.2, -0.15) is 0 Å². The molecule has 0 atom stereocenters. The molecule has 0 heterocycles. The van der Waals surface area contributed by atoms with E-state index in [2.05, 4.69) is 10.2 Å². The lowest BCUT2D eigenvalue weighted by Crippen LogP contribution is -1.53. The molecule has 5 heavy (non-hydrogen) atoms. The third kappa shape index (κ3) is 3.63. The molecule has 0 aliphatic heterocycles. The van der Waals surface area contributed by atoms with Gasteiger partial charge in [0.1, 0.15) is 0 Å². The summed E-state index contributed by atoms with van der Waals surface area (Å²) in [7, 11) is 3.02. The summed E-state index contributed by atoms with van der Waals surface area (Å²) in [4.78, 5) is 0. The second-order valence-corrected chi connectivity index (χ2v) is 0.859. The van der Waals surface area contributed by atoms with Crippen LogP contribution in [0.5, 0.6) is 0 Å². The van der Waals surface area contributed by atoms with Crippen molar-refractivity contribution in [1.82, 2.24) is 0 Å². The lowest BCUT2D eigenvalue weighted by Gasteiger charge is -1.54. The first-order valence-corrected chi connectivity index (χ1v) is 1.82. The van der Waals surface area contributed by atoms with E-state index in [-0.39, 0.29) is 0 Å². The lowest BCUT2D eigenvalue weighted by atomic mass is 10.7. The maximum Gasteiger partial charge on any atom is 0.0601 e. The largest absolute Gasteiger partial charge is 0.309 e. The smallest absolute Gasteiger partial charge is 0.0601 e. The Kier molecular flexibility index (Phi) is 3.36. The number of allylic oxidation sites excluding steroid dienone is 1. The Morgan fingerprint density at radius 2 is 2.20 bits per heavy atom. The van der Waals surface area contributed by atoms with Crippen LogP contribution in [0.3, 0.4) is 0 Å². The Balaban J connectivity index is 2.92. The average molecular weight is 82.2 g/mol. The Morgan fingerprint density at radius 1 is 1.60 bits per heavy atom. The molecule has 0 aliphatic rings. The Morgan fingerprint density at radius 3 is 2.20 bits per heavy atom. The second-order valence-electron chi connectivity index (χ2n) is 0.526. The van der Waals surface area contributed by atoms with Crippen molar-refractivity contribution in [2.24, 2.45) is 0 Å². The fraction of sp³-hybridized carbons (Fsp3) is 0. The van der Waals surface area contributed by atoms with Gasteiger partial charge in [0.05, 0.1) is 10.2 Å². The number of hydrogen-bond acceptors (Lipinski definition) is 1. The van der Waals surface area contributed by atoms with Crippen molar-refractivity contribution in [1.29, 1.82) is 5.41 Å². The predicted octanol–water partition coefficient (Wildman–Crippen LogP) is 0.318. The van der Waals surface area contributed by atoms with Gasteiger partial charge in [-0.3, -0.25) is 0 Å². The van der Waals surface area contributed by atoms with Crippen molar-refractivity contribution in [2.45, 2.75) is 0 Å². The zero-order chi connectivity index (χ0) is 4.12. The highest BCUT2D eigenvalue weighted by Gasteiger charge is 1.44. The van der Waals surface area contributed by atoms with Crippen LogP contribution in [0.4, 0.5) is 0 Å². The van der Waals surface area contributed by atoms with E-state index in [0.29, 0.717) is 0 Å². The van der Waals surface area contributed by atoms with Crippen LogP contribution in [-0.4, -0.2) is 16.5 Å². The summed E-state index contributed by atoms with van der Waals surface area (Å²) in [5, 5.41) is 6.36. The molecule has 0 amide bonds. The molecule has 1 nitrogen and oxygen atoms in total. The van der Waals surface area contributed by atoms with Crippen LogP contribution >= 0.6 is 0 Å². The molecule has 3 radical (unpaired) electrons. The molecule has 0 aliphatic carbocycles. The molecule has 0 unspecified atom stereocenters. The highest BCUT2D eigenvalue weighted by Crippen LogP contribution is 1.49. The molecule has 0 saturated carbocycles. The monoisotopic (exact) mass is 82.0 g/mol. The summed E-state index contributed by atoms with van der Waals surface area (Å²) in [5.41, 5.74) is 1.62. The summed E-state index contributed by atoms with van der Waals surface area (Å²) in [6.07, 6.45) is 2.78. The fourth-order valence-corrected chi connectivity index (χ4v) is 0.144. The first-order valence-electron chi connectivity index (χ1n) is 1.24. The van der Waals surface area contributed by atoms with E-state index in [1.165, 1.54) is 6.21 Å². The highest BCUT2D eigenvalue weighted by atomic mass is 28.1. The van der Waals surface area contributed by atoms with Gasteiger partial charge in [0.25, 0.3) is 0 Å². The fourth-order valence-electron chi connectivity index (χ4n) is 0.0481. The molecule has 25 valence electrons. The number of rotatable bonds is 1. The van der Waals surface area contributed by atoms with E-state index in [9.17, 15) is 0 Å². The van der Waals surface area contributed by atoms with Crippen molar-refractivity contribution in [3.8, 4) is 0 Å². The summed E-state index contributed by atoms with van der Waals surface area (Å²) in [6, 6.07) is 0. The van der Waals surface area contributed by atoms with Gasteiger partial charge in [-0.25, -0.2) is 0 Å². The minimum atomic E-state index is 1.20. The summed E-state index contributed by atoms with van der Waals surface area (Å²) >= 11 is 0. The van der Waals surface area contributed by atoms with Gasteiger partial charge in [0, 0.05) is 6.21 Å². The van der Waals surface area contributed by atoms with Gasteiger partial charge in [-0.15, -0.1) is 5.70 Å². The molecule has 0 fully saturated rings. The van der Waals surface area contributed by atoms with Crippen molar-refractivity contribution in [3.05, 3.63) is 11.8 Å². The molecule has 1 N–H and O–H groups in total. The lowest BCUT2D eigenvalue weighted by molar-refractivity contribution is 1.58. The first-order chi connectivity index (χ1) is 2.41. The summed E-state index contributed by atoms with van der Waals surface area (Å²) in [5.74, 6) is 0. The molecular weight excluding hydrogens is 78.1 g/mol. The topological polar surface area (TPSA) is 23.9 Å². The molecule has 0 aromatic rings.